The number of unbranched alkanes of at least 4 members (excludes halogenated alkanes) is 1. The largest absolute Gasteiger partial charge is 0.469 e. The van der Waals surface area contributed by atoms with Gasteiger partial charge in [0.1, 0.15) is 6.61 Å². The Morgan fingerprint density at radius 3 is 2.59 bits per heavy atom. The molecule has 1 aromatic heterocycles. The Balaban J connectivity index is 1.30. The first-order valence-corrected chi connectivity index (χ1v) is 20.0. The zero-order valence-corrected chi connectivity index (χ0v) is 29.4. The lowest BCUT2D eigenvalue weighted by molar-refractivity contribution is -0.146. The number of cyclic esters (lactones) is 1. The highest BCUT2D eigenvalue weighted by Gasteiger charge is 2.66. The summed E-state index contributed by atoms with van der Waals surface area (Å²) < 4.78 is 18.7. The summed E-state index contributed by atoms with van der Waals surface area (Å²) in [6.45, 7) is 7.10. The fourth-order valence-electron chi connectivity index (χ4n) is 7.89. The van der Waals surface area contributed by atoms with Gasteiger partial charge in [0.2, 0.25) is 0 Å². The molecule has 0 aliphatic carbocycles. The quantitative estimate of drug-likeness (QED) is 0.153. The highest BCUT2D eigenvalue weighted by Crippen LogP contribution is 2.60. The SMILES string of the molecule is COC(=O)CCCCN1C(=O)[C@]2(O[C@H](CCn3cc(C(CO)c4ccccc4)nn3)[C@@H]([Si](C)(C)O)[C@@H]2C)c2cc(N3CCOC3=O)ccc21. The van der Waals surface area contributed by atoms with Gasteiger partial charge in [-0.05, 0) is 56.1 Å². The number of aryl methyl sites for hydroxylation is 1. The van der Waals surface area contributed by atoms with E-state index in [2.05, 4.69) is 10.3 Å². The minimum Gasteiger partial charge on any atom is -0.469 e. The van der Waals surface area contributed by atoms with Gasteiger partial charge in [0.05, 0.1) is 43.7 Å². The van der Waals surface area contributed by atoms with Crippen LogP contribution in [0.5, 0.6) is 0 Å². The number of amides is 2. The van der Waals surface area contributed by atoms with Gasteiger partial charge in [0.25, 0.3) is 5.91 Å². The average Bonchev–Trinajstić information content (AvgIpc) is 3.85. The second-order valence-electron chi connectivity index (χ2n) is 13.7. The summed E-state index contributed by atoms with van der Waals surface area (Å²) in [5.74, 6) is -1.21. The molecule has 3 aliphatic rings. The van der Waals surface area contributed by atoms with Crippen molar-refractivity contribution < 1.29 is 38.5 Å². The maximum Gasteiger partial charge on any atom is 0.414 e. The molecule has 6 rings (SSSR count). The van der Waals surface area contributed by atoms with Crippen molar-refractivity contribution in [2.45, 2.75) is 75.4 Å². The van der Waals surface area contributed by atoms with E-state index in [0.717, 1.165) is 5.56 Å². The maximum atomic E-state index is 14.7. The summed E-state index contributed by atoms with van der Waals surface area (Å²) in [4.78, 5) is 54.0. The molecule has 0 bridgehead atoms. The Morgan fingerprint density at radius 1 is 1.14 bits per heavy atom. The van der Waals surface area contributed by atoms with Gasteiger partial charge in [-0.3, -0.25) is 19.2 Å². The first-order valence-electron chi connectivity index (χ1n) is 16.9. The summed E-state index contributed by atoms with van der Waals surface area (Å²) in [6, 6.07) is 15.2. The fraction of sp³-hybridized carbons (Fsp3) is 0.514. The lowest BCUT2D eigenvalue weighted by Gasteiger charge is -2.32. The van der Waals surface area contributed by atoms with Gasteiger partial charge < -0.3 is 29.0 Å². The lowest BCUT2D eigenvalue weighted by atomic mass is 9.82. The molecule has 2 N–H and O–H groups in total. The molecule has 0 saturated carbocycles. The molecular weight excluding hydrogens is 646 g/mol. The highest BCUT2D eigenvalue weighted by molar-refractivity contribution is 6.71. The molecule has 3 aliphatic heterocycles. The van der Waals surface area contributed by atoms with E-state index in [9.17, 15) is 24.3 Å². The minimum absolute atomic E-state index is 0.112. The van der Waals surface area contributed by atoms with Crippen molar-refractivity contribution in [1.29, 1.82) is 0 Å². The monoisotopic (exact) mass is 691 g/mol. The van der Waals surface area contributed by atoms with E-state index in [4.69, 9.17) is 14.2 Å². The molecular formula is C35H45N5O8Si. The molecule has 13 nitrogen and oxygen atoms in total. The number of esters is 1. The number of carbonyl (C=O) groups excluding carboxylic acids is 3. The normalized spacial score (nSPS) is 24.1. The third kappa shape index (κ3) is 6.49. The van der Waals surface area contributed by atoms with Crippen molar-refractivity contribution in [3.63, 3.8) is 0 Å². The van der Waals surface area contributed by atoms with E-state index in [1.807, 2.05) is 74.7 Å². The van der Waals surface area contributed by atoms with Gasteiger partial charge in [-0.1, -0.05) is 42.5 Å². The standard InChI is InChI=1S/C35H45N5O8Si/c1-23-32(49(3,4)45)30(15-17-38-21-28(36-37-38)26(22-41)24-10-6-5-7-11-24)48-35(23)27-20-25(39-18-19-47-34(39)44)13-14-29(27)40(33(35)43)16-9-8-12-31(42)46-2/h5-7,10-11,13-14,20-21,23,26,30,32,41,45H,8-9,12,15-19,22H2,1-4H3/t23-,26?,30+,32-,35+/m0/s1. The molecule has 1 spiro atoms. The van der Waals surface area contributed by atoms with Crippen molar-refractivity contribution in [1.82, 2.24) is 15.0 Å². The van der Waals surface area contributed by atoms with Crippen LogP contribution in [0.1, 0.15) is 55.3 Å². The van der Waals surface area contributed by atoms with Crippen molar-refractivity contribution >= 4 is 37.7 Å². The summed E-state index contributed by atoms with van der Waals surface area (Å²) in [6.07, 6.45) is 2.75. The Morgan fingerprint density at radius 2 is 1.92 bits per heavy atom. The second-order valence-corrected chi connectivity index (χ2v) is 17.6. The number of hydrogen-bond donors (Lipinski definition) is 2. The van der Waals surface area contributed by atoms with Crippen molar-refractivity contribution in [3.05, 3.63) is 71.5 Å². The van der Waals surface area contributed by atoms with E-state index >= 15 is 0 Å². The zero-order chi connectivity index (χ0) is 34.9. The first kappa shape index (κ1) is 34.7. The number of anilines is 2. The molecule has 14 heteroatoms. The molecule has 0 radical (unpaired) electrons. The molecule has 2 fully saturated rings. The molecule has 262 valence electrons. The van der Waals surface area contributed by atoms with Gasteiger partial charge >= 0.3 is 12.1 Å². The van der Waals surface area contributed by atoms with Crippen molar-refractivity contribution in [2.24, 2.45) is 5.92 Å². The van der Waals surface area contributed by atoms with Crippen LogP contribution in [0.25, 0.3) is 0 Å². The van der Waals surface area contributed by atoms with Crippen LogP contribution < -0.4 is 9.80 Å². The van der Waals surface area contributed by atoms with E-state index in [1.54, 1.807) is 14.5 Å². The minimum atomic E-state index is -2.93. The van der Waals surface area contributed by atoms with E-state index < -0.39 is 26.1 Å². The molecule has 2 amide bonds. The number of benzene rings is 2. The van der Waals surface area contributed by atoms with E-state index in [-0.39, 0.29) is 48.9 Å². The summed E-state index contributed by atoms with van der Waals surface area (Å²) in [7, 11) is -1.57. The Bertz CT molecular complexity index is 1680. The number of carbonyl (C=O) groups is 3. The molecule has 3 aromatic rings. The van der Waals surface area contributed by atoms with E-state index in [1.165, 1.54) is 7.11 Å². The summed E-state index contributed by atoms with van der Waals surface area (Å²) >= 11 is 0. The number of methoxy groups -OCH3 is 1. The molecule has 5 atom stereocenters. The zero-order valence-electron chi connectivity index (χ0n) is 28.4. The Labute approximate surface area is 286 Å². The number of nitrogens with zero attached hydrogens (tertiary/aromatic N) is 5. The average molecular weight is 692 g/mol. The fourth-order valence-corrected chi connectivity index (χ4v) is 10.5. The van der Waals surface area contributed by atoms with Crippen molar-refractivity contribution in [2.75, 3.05) is 43.2 Å². The molecule has 49 heavy (non-hydrogen) atoms. The number of rotatable bonds is 13. The number of ether oxygens (including phenoxy) is 3. The summed E-state index contributed by atoms with van der Waals surface area (Å²) in [5, 5.41) is 18.8. The number of aliphatic hydroxyl groups excluding tert-OH is 1. The van der Waals surface area contributed by atoms with Gasteiger partial charge in [-0.25, -0.2) is 4.79 Å². The predicted molar refractivity (Wildman–Crippen MR) is 183 cm³/mol. The molecule has 2 saturated heterocycles. The van der Waals surface area contributed by atoms with Gasteiger partial charge in [0, 0.05) is 48.4 Å². The van der Waals surface area contributed by atoms with Gasteiger partial charge in [-0.15, -0.1) is 5.10 Å². The predicted octanol–water partition coefficient (Wildman–Crippen LogP) is 3.94. The van der Waals surface area contributed by atoms with Gasteiger partial charge in [-0.2, -0.15) is 0 Å². The summed E-state index contributed by atoms with van der Waals surface area (Å²) in [5.41, 5.74) is 1.87. The number of aliphatic hydroxyl groups is 1. The Kier molecular flexibility index (Phi) is 9.94. The van der Waals surface area contributed by atoms with Crippen LogP contribution in [0.15, 0.2) is 54.7 Å². The van der Waals surface area contributed by atoms with Crippen molar-refractivity contribution in [3.8, 4) is 0 Å². The smallest absolute Gasteiger partial charge is 0.414 e. The highest BCUT2D eigenvalue weighted by atomic mass is 28.4. The molecule has 4 heterocycles. The van der Waals surface area contributed by atoms with Crippen LogP contribution in [-0.2, 0) is 35.9 Å². The molecule has 1 unspecified atom stereocenters. The topological polar surface area (TPSA) is 157 Å². The van der Waals surface area contributed by atoms with Crippen LogP contribution in [0.3, 0.4) is 0 Å². The number of fused-ring (bicyclic) bond motifs is 2. The third-order valence-corrected chi connectivity index (χ3v) is 12.7. The van der Waals surface area contributed by atoms with Crippen LogP contribution in [0, 0.1) is 5.92 Å². The second kappa shape index (κ2) is 14.0. The van der Waals surface area contributed by atoms with Crippen LogP contribution >= 0.6 is 0 Å². The Hall–Kier alpha value is -4.11. The maximum absolute atomic E-state index is 14.7. The first-order chi connectivity index (χ1) is 23.5. The van der Waals surface area contributed by atoms with Crippen LogP contribution in [-0.4, -0.2) is 90.7 Å². The third-order valence-electron chi connectivity index (χ3n) is 10.2. The van der Waals surface area contributed by atoms with Gasteiger partial charge in [0.15, 0.2) is 13.9 Å². The number of aromatic nitrogens is 3. The van der Waals surface area contributed by atoms with E-state index in [0.29, 0.717) is 61.5 Å². The van der Waals surface area contributed by atoms with Crippen LogP contribution in [0.4, 0.5) is 16.2 Å². The lowest BCUT2D eigenvalue weighted by Crippen LogP contribution is -2.46. The number of hydrogen-bond acceptors (Lipinski definition) is 10. The van der Waals surface area contributed by atoms with Crippen LogP contribution in [0.2, 0.25) is 18.6 Å². The molecule has 2 aromatic carbocycles.